The molecule has 0 spiro atoms. The lowest BCUT2D eigenvalue weighted by Gasteiger charge is -2.14. The van der Waals surface area contributed by atoms with Crippen molar-refractivity contribution in [2.45, 2.75) is 32.7 Å². The Balaban J connectivity index is 1.98. The maximum Gasteiger partial charge on any atom is 0.303 e. The summed E-state index contributed by atoms with van der Waals surface area (Å²) in [5.74, 6) is -0.805. The van der Waals surface area contributed by atoms with Gasteiger partial charge in [-0.25, -0.2) is 0 Å². The summed E-state index contributed by atoms with van der Waals surface area (Å²) in [6, 6.07) is 19.8. The molecule has 148 valence electrons. The van der Waals surface area contributed by atoms with Crippen LogP contribution in [0, 0.1) is 6.92 Å². The van der Waals surface area contributed by atoms with Crippen LogP contribution < -0.4 is 5.56 Å². The predicted molar refractivity (Wildman–Crippen MR) is 117 cm³/mol. The fourth-order valence-corrected chi connectivity index (χ4v) is 3.39. The molecule has 1 heterocycles. The monoisotopic (exact) mass is 387 g/mol. The zero-order valence-corrected chi connectivity index (χ0v) is 16.5. The SMILES string of the molecule is Cc1c(/C=C/c2ccccc2)c(CCCC(=O)O)cn(Cc2ccccc2)c1=O. The van der Waals surface area contributed by atoms with E-state index in [-0.39, 0.29) is 12.0 Å². The van der Waals surface area contributed by atoms with Crippen molar-refractivity contribution in [3.8, 4) is 0 Å². The molecular formula is C25H25NO3. The zero-order valence-electron chi connectivity index (χ0n) is 16.5. The van der Waals surface area contributed by atoms with E-state index < -0.39 is 5.97 Å². The van der Waals surface area contributed by atoms with Gasteiger partial charge in [0.05, 0.1) is 6.54 Å². The number of carboxylic acids is 1. The van der Waals surface area contributed by atoms with Crippen LogP contribution in [0.1, 0.15) is 40.7 Å². The minimum Gasteiger partial charge on any atom is -0.481 e. The largest absolute Gasteiger partial charge is 0.481 e. The van der Waals surface area contributed by atoms with Crippen LogP contribution >= 0.6 is 0 Å². The van der Waals surface area contributed by atoms with Crippen LogP contribution in [0.5, 0.6) is 0 Å². The van der Waals surface area contributed by atoms with E-state index in [2.05, 4.69) is 0 Å². The van der Waals surface area contributed by atoms with Crippen LogP contribution in [0.4, 0.5) is 0 Å². The van der Waals surface area contributed by atoms with E-state index in [9.17, 15) is 9.59 Å². The van der Waals surface area contributed by atoms with Crippen LogP contribution in [-0.2, 0) is 17.8 Å². The van der Waals surface area contributed by atoms with Crippen molar-refractivity contribution >= 4 is 18.1 Å². The van der Waals surface area contributed by atoms with Crippen LogP contribution in [0.3, 0.4) is 0 Å². The molecular weight excluding hydrogens is 362 g/mol. The van der Waals surface area contributed by atoms with E-state index in [4.69, 9.17) is 5.11 Å². The number of nitrogens with zero attached hydrogens (tertiary/aromatic N) is 1. The Bertz CT molecular complexity index is 1050. The quantitative estimate of drug-likeness (QED) is 0.605. The lowest BCUT2D eigenvalue weighted by molar-refractivity contribution is -0.137. The smallest absolute Gasteiger partial charge is 0.303 e. The van der Waals surface area contributed by atoms with E-state index in [0.717, 1.165) is 22.3 Å². The lowest BCUT2D eigenvalue weighted by atomic mass is 9.98. The van der Waals surface area contributed by atoms with Crippen LogP contribution in [0.25, 0.3) is 12.2 Å². The third-order valence-electron chi connectivity index (χ3n) is 4.92. The van der Waals surface area contributed by atoms with Gasteiger partial charge in [0.25, 0.3) is 5.56 Å². The van der Waals surface area contributed by atoms with Crippen molar-refractivity contribution < 1.29 is 9.90 Å². The fourth-order valence-electron chi connectivity index (χ4n) is 3.39. The van der Waals surface area contributed by atoms with Crippen molar-refractivity contribution in [2.75, 3.05) is 0 Å². The third-order valence-corrected chi connectivity index (χ3v) is 4.92. The van der Waals surface area contributed by atoms with E-state index in [1.807, 2.05) is 85.9 Å². The number of hydrogen-bond donors (Lipinski definition) is 1. The van der Waals surface area contributed by atoms with Crippen molar-refractivity contribution in [1.82, 2.24) is 4.57 Å². The predicted octanol–water partition coefficient (Wildman–Crippen LogP) is 4.78. The molecule has 29 heavy (non-hydrogen) atoms. The minimum absolute atomic E-state index is 0.0245. The first-order chi connectivity index (χ1) is 14.0. The second kappa shape index (κ2) is 9.69. The summed E-state index contributed by atoms with van der Waals surface area (Å²) in [7, 11) is 0. The lowest BCUT2D eigenvalue weighted by Crippen LogP contribution is -2.24. The topological polar surface area (TPSA) is 59.3 Å². The first kappa shape index (κ1) is 20.3. The highest BCUT2D eigenvalue weighted by atomic mass is 16.4. The summed E-state index contributed by atoms with van der Waals surface area (Å²) < 4.78 is 1.72. The molecule has 1 N–H and O–H groups in total. The molecule has 0 saturated heterocycles. The normalized spacial score (nSPS) is 11.1. The molecule has 4 heteroatoms. The molecule has 0 aliphatic heterocycles. The Morgan fingerprint density at radius 1 is 1.00 bits per heavy atom. The van der Waals surface area contributed by atoms with E-state index in [1.165, 1.54) is 0 Å². The van der Waals surface area contributed by atoms with Crippen LogP contribution in [0.2, 0.25) is 0 Å². The first-order valence-corrected chi connectivity index (χ1v) is 9.76. The molecule has 0 aliphatic carbocycles. The molecule has 3 aromatic rings. The van der Waals surface area contributed by atoms with Gasteiger partial charge in [0.1, 0.15) is 0 Å². The van der Waals surface area contributed by atoms with Crippen LogP contribution in [-0.4, -0.2) is 15.6 Å². The molecule has 2 aromatic carbocycles. The van der Waals surface area contributed by atoms with Gasteiger partial charge >= 0.3 is 5.97 Å². The zero-order chi connectivity index (χ0) is 20.6. The Hall–Kier alpha value is -3.40. The van der Waals surface area contributed by atoms with Gasteiger partial charge in [0.2, 0.25) is 0 Å². The number of aliphatic carboxylic acids is 1. The molecule has 0 unspecified atom stereocenters. The van der Waals surface area contributed by atoms with Gasteiger partial charge in [-0.2, -0.15) is 0 Å². The molecule has 0 atom stereocenters. The number of rotatable bonds is 8. The molecule has 0 radical (unpaired) electrons. The van der Waals surface area contributed by atoms with Crippen LogP contribution in [0.15, 0.2) is 71.7 Å². The van der Waals surface area contributed by atoms with Crippen molar-refractivity contribution in [3.05, 3.63) is 105 Å². The Morgan fingerprint density at radius 3 is 2.31 bits per heavy atom. The second-order valence-electron chi connectivity index (χ2n) is 7.10. The van der Waals surface area contributed by atoms with Crippen molar-refractivity contribution in [2.24, 2.45) is 0 Å². The summed E-state index contributed by atoms with van der Waals surface area (Å²) in [6.07, 6.45) is 7.09. The van der Waals surface area contributed by atoms with E-state index in [1.54, 1.807) is 4.57 Å². The Labute approximate surface area is 170 Å². The summed E-state index contributed by atoms with van der Waals surface area (Å²) in [4.78, 5) is 23.9. The highest BCUT2D eigenvalue weighted by Gasteiger charge is 2.12. The molecule has 0 amide bonds. The molecule has 0 saturated carbocycles. The average molecular weight is 387 g/mol. The molecule has 4 nitrogen and oxygen atoms in total. The maximum absolute atomic E-state index is 13.0. The summed E-state index contributed by atoms with van der Waals surface area (Å²) in [6.45, 7) is 2.34. The maximum atomic E-state index is 13.0. The van der Waals surface area contributed by atoms with Gasteiger partial charge < -0.3 is 9.67 Å². The van der Waals surface area contributed by atoms with Crippen molar-refractivity contribution in [3.63, 3.8) is 0 Å². The summed E-state index contributed by atoms with van der Waals surface area (Å²) in [5, 5.41) is 8.99. The second-order valence-corrected chi connectivity index (χ2v) is 7.10. The van der Waals surface area contributed by atoms with E-state index in [0.29, 0.717) is 24.9 Å². The van der Waals surface area contributed by atoms with Gasteiger partial charge in [-0.05, 0) is 42.0 Å². The van der Waals surface area contributed by atoms with Gasteiger partial charge in [-0.1, -0.05) is 72.8 Å². The van der Waals surface area contributed by atoms with Gasteiger partial charge in [-0.15, -0.1) is 0 Å². The molecule has 0 fully saturated rings. The molecule has 1 aromatic heterocycles. The van der Waals surface area contributed by atoms with Gasteiger partial charge in [0, 0.05) is 18.2 Å². The van der Waals surface area contributed by atoms with Gasteiger partial charge in [0.15, 0.2) is 0 Å². The first-order valence-electron chi connectivity index (χ1n) is 9.76. The fraction of sp³-hybridized carbons (Fsp3) is 0.200. The minimum atomic E-state index is -0.805. The Morgan fingerprint density at radius 2 is 1.66 bits per heavy atom. The Kier molecular flexibility index (Phi) is 6.80. The average Bonchev–Trinajstić information content (AvgIpc) is 2.72. The molecule has 0 aliphatic rings. The third kappa shape index (κ3) is 5.55. The molecule has 3 rings (SSSR count). The highest BCUT2D eigenvalue weighted by molar-refractivity contribution is 5.72. The van der Waals surface area contributed by atoms with E-state index >= 15 is 0 Å². The van der Waals surface area contributed by atoms with Gasteiger partial charge in [-0.3, -0.25) is 9.59 Å². The number of carboxylic acid groups (broad SMARTS) is 1. The van der Waals surface area contributed by atoms with Crippen molar-refractivity contribution in [1.29, 1.82) is 0 Å². The number of carbonyl (C=O) groups is 1. The number of pyridine rings is 1. The highest BCUT2D eigenvalue weighted by Crippen LogP contribution is 2.18. The molecule has 0 bridgehead atoms. The standard InChI is InChI=1S/C25H25NO3/c1-19-23(16-15-20-9-4-2-5-10-20)22(13-8-14-24(27)28)18-26(25(19)29)17-21-11-6-3-7-12-21/h2-7,9-12,15-16,18H,8,13-14,17H2,1H3,(H,27,28)/b16-15+. The summed E-state index contributed by atoms with van der Waals surface area (Å²) >= 11 is 0. The number of benzene rings is 2. The number of aromatic nitrogens is 1. The number of hydrogen-bond acceptors (Lipinski definition) is 2. The number of aryl methyl sites for hydroxylation is 1. The summed E-state index contributed by atoms with van der Waals surface area (Å²) in [5.41, 5.74) is 4.64.